The van der Waals surface area contributed by atoms with Crippen molar-refractivity contribution in [3.8, 4) is 29.7 Å². The van der Waals surface area contributed by atoms with Gasteiger partial charge in [-0.3, -0.25) is 5.41 Å². The second-order valence-corrected chi connectivity index (χ2v) is 7.74. The number of fused-ring (bicyclic) bond motifs is 2. The minimum atomic E-state index is -2.09. The molecule has 8 heteroatoms. The molecule has 0 spiro atoms. The summed E-state index contributed by atoms with van der Waals surface area (Å²) in [4.78, 5) is 0. The van der Waals surface area contributed by atoms with E-state index in [0.717, 1.165) is 0 Å². The summed E-state index contributed by atoms with van der Waals surface area (Å²) in [6.45, 7) is 1.67. The number of nitriles is 3. The fourth-order valence-corrected chi connectivity index (χ4v) is 4.86. The molecule has 2 aromatic carbocycles. The van der Waals surface area contributed by atoms with Gasteiger partial charge < -0.3 is 18.9 Å². The number of hydrogen-bond acceptors (Lipinski definition) is 8. The Morgan fingerprint density at radius 1 is 0.969 bits per heavy atom. The van der Waals surface area contributed by atoms with Gasteiger partial charge in [-0.1, -0.05) is 37.3 Å². The van der Waals surface area contributed by atoms with E-state index in [-0.39, 0.29) is 0 Å². The third kappa shape index (κ3) is 2.35. The molecule has 1 N–H and O–H groups in total. The summed E-state index contributed by atoms with van der Waals surface area (Å²) in [6.07, 6.45) is -1.28. The highest BCUT2D eigenvalue weighted by atomic mass is 16.7. The highest BCUT2D eigenvalue weighted by Gasteiger charge is 2.80. The van der Waals surface area contributed by atoms with Crippen LogP contribution in [0.25, 0.3) is 0 Å². The molecule has 160 valence electrons. The molecule has 4 atom stereocenters. The van der Waals surface area contributed by atoms with Gasteiger partial charge in [-0.25, -0.2) is 0 Å². The molecule has 0 saturated carbocycles. The number of hydrogen-bond donors (Lipinski definition) is 1. The lowest BCUT2D eigenvalue weighted by molar-refractivity contribution is -0.288. The first kappa shape index (κ1) is 21.2. The van der Waals surface area contributed by atoms with Gasteiger partial charge in [0.05, 0.1) is 38.3 Å². The van der Waals surface area contributed by atoms with Crippen molar-refractivity contribution >= 4 is 5.90 Å². The van der Waals surface area contributed by atoms with Crippen LogP contribution in [0.1, 0.15) is 24.2 Å². The number of methoxy groups -OCH3 is 2. The van der Waals surface area contributed by atoms with Gasteiger partial charge in [-0.15, -0.1) is 0 Å². The Hall–Kier alpha value is -4.06. The SMILES string of the molecule is COc1ccc(OC)c(C2OC3(c4ccccc4)OC(=N)C(C#N)(C3C)C2(C#N)C#N)c1. The molecule has 0 amide bonds. The van der Waals surface area contributed by atoms with Gasteiger partial charge in [-0.05, 0) is 18.2 Å². The molecule has 0 radical (unpaired) electrons. The minimum absolute atomic E-state index is 0.347. The van der Waals surface area contributed by atoms with Crippen molar-refractivity contribution in [2.45, 2.75) is 18.8 Å². The highest BCUT2D eigenvalue weighted by molar-refractivity contribution is 5.89. The van der Waals surface area contributed by atoms with Crippen LogP contribution >= 0.6 is 0 Å². The molecule has 2 aliphatic rings. The van der Waals surface area contributed by atoms with Crippen LogP contribution in [0.3, 0.4) is 0 Å². The maximum Gasteiger partial charge on any atom is 0.244 e. The predicted molar refractivity (Wildman–Crippen MR) is 111 cm³/mol. The zero-order valence-corrected chi connectivity index (χ0v) is 17.7. The second-order valence-electron chi connectivity index (χ2n) is 7.74. The minimum Gasteiger partial charge on any atom is -0.497 e. The number of ether oxygens (including phenoxy) is 4. The van der Waals surface area contributed by atoms with Gasteiger partial charge in [0, 0.05) is 11.1 Å². The molecule has 2 saturated heterocycles. The Kier molecular flexibility index (Phi) is 4.81. The monoisotopic (exact) mass is 428 g/mol. The summed E-state index contributed by atoms with van der Waals surface area (Å²) in [5.74, 6) is -2.05. The topological polar surface area (TPSA) is 132 Å². The molecule has 32 heavy (non-hydrogen) atoms. The molecule has 8 nitrogen and oxygen atoms in total. The van der Waals surface area contributed by atoms with Crippen molar-refractivity contribution in [3.63, 3.8) is 0 Å². The van der Waals surface area contributed by atoms with Gasteiger partial charge in [-0.2, -0.15) is 15.8 Å². The van der Waals surface area contributed by atoms with Crippen molar-refractivity contribution in [1.29, 1.82) is 21.2 Å². The van der Waals surface area contributed by atoms with Crippen molar-refractivity contribution in [2.75, 3.05) is 14.2 Å². The lowest BCUT2D eigenvalue weighted by Crippen LogP contribution is -2.57. The van der Waals surface area contributed by atoms with Gasteiger partial charge in [0.25, 0.3) is 0 Å². The van der Waals surface area contributed by atoms with Crippen molar-refractivity contribution < 1.29 is 18.9 Å². The Morgan fingerprint density at radius 3 is 2.22 bits per heavy atom. The Bertz CT molecular complexity index is 1200. The summed E-state index contributed by atoms with van der Waals surface area (Å²) < 4.78 is 23.3. The summed E-state index contributed by atoms with van der Waals surface area (Å²) in [5.41, 5.74) is -3.05. The van der Waals surface area contributed by atoms with Crippen LogP contribution in [0, 0.1) is 56.2 Å². The van der Waals surface area contributed by atoms with E-state index in [1.54, 1.807) is 49.4 Å². The standard InChI is InChI=1S/C24H20N4O4/c1-15-23(14-27)21(28)32-24(15,16-7-5-4-6-8-16)31-20(22(23,12-25)13-26)18-11-17(29-2)9-10-19(18)30-3/h4-11,15,20,28H,1-3H3. The third-order valence-corrected chi connectivity index (χ3v) is 6.56. The van der Waals surface area contributed by atoms with Gasteiger partial charge in [0.15, 0.2) is 5.41 Å². The Labute approximate surface area is 185 Å². The fraction of sp³-hybridized carbons (Fsp3) is 0.333. The first-order valence-electron chi connectivity index (χ1n) is 9.87. The normalized spacial score (nSPS) is 29.7. The van der Waals surface area contributed by atoms with Crippen LogP contribution in [0.15, 0.2) is 48.5 Å². The van der Waals surface area contributed by atoms with E-state index in [1.807, 2.05) is 18.2 Å². The molecular weight excluding hydrogens is 408 g/mol. The first-order valence-corrected chi connectivity index (χ1v) is 9.87. The zero-order chi connectivity index (χ0) is 23.1. The summed E-state index contributed by atoms with van der Waals surface area (Å²) in [5, 5.41) is 39.7. The van der Waals surface area contributed by atoms with E-state index in [0.29, 0.717) is 22.6 Å². The van der Waals surface area contributed by atoms with Crippen molar-refractivity contribution in [1.82, 2.24) is 0 Å². The van der Waals surface area contributed by atoms with Crippen LogP contribution < -0.4 is 9.47 Å². The lowest BCUT2D eigenvalue weighted by Gasteiger charge is -2.48. The summed E-state index contributed by atoms with van der Waals surface area (Å²) in [7, 11) is 2.94. The van der Waals surface area contributed by atoms with Crippen LogP contribution in [0.2, 0.25) is 0 Å². The largest absolute Gasteiger partial charge is 0.497 e. The van der Waals surface area contributed by atoms with Gasteiger partial charge in [0.1, 0.15) is 17.6 Å². The van der Waals surface area contributed by atoms with Crippen LogP contribution in [0.5, 0.6) is 11.5 Å². The van der Waals surface area contributed by atoms with Gasteiger partial charge >= 0.3 is 0 Å². The lowest BCUT2D eigenvalue weighted by atomic mass is 9.53. The van der Waals surface area contributed by atoms with Crippen LogP contribution in [0.4, 0.5) is 0 Å². The van der Waals surface area contributed by atoms with Crippen LogP contribution in [-0.2, 0) is 15.3 Å². The number of nitrogens with one attached hydrogen (secondary N) is 1. The quantitative estimate of drug-likeness (QED) is 0.783. The average molecular weight is 428 g/mol. The van der Waals surface area contributed by atoms with E-state index in [9.17, 15) is 15.8 Å². The molecular formula is C24H20N4O4. The Balaban J connectivity index is 2.08. The van der Waals surface area contributed by atoms with E-state index in [4.69, 9.17) is 24.4 Å². The van der Waals surface area contributed by atoms with E-state index >= 15 is 0 Å². The first-order chi connectivity index (χ1) is 15.4. The second kappa shape index (κ2) is 7.27. The van der Waals surface area contributed by atoms with E-state index in [1.165, 1.54) is 14.2 Å². The van der Waals surface area contributed by atoms with Crippen molar-refractivity contribution in [2.24, 2.45) is 16.7 Å². The van der Waals surface area contributed by atoms with Crippen molar-refractivity contribution in [3.05, 3.63) is 59.7 Å². The molecule has 2 aromatic rings. The average Bonchev–Trinajstić information content (AvgIpc) is 3.00. The molecule has 2 fully saturated rings. The fourth-order valence-electron chi connectivity index (χ4n) is 4.86. The molecule has 2 bridgehead atoms. The van der Waals surface area contributed by atoms with Crippen LogP contribution in [-0.4, -0.2) is 20.1 Å². The Morgan fingerprint density at radius 2 is 1.66 bits per heavy atom. The number of benzene rings is 2. The summed E-state index contributed by atoms with van der Waals surface area (Å²) in [6, 6.07) is 20.0. The predicted octanol–water partition coefficient (Wildman–Crippen LogP) is 3.82. The van der Waals surface area contributed by atoms with Gasteiger partial charge in [0.2, 0.25) is 17.1 Å². The molecule has 2 aliphatic heterocycles. The van der Waals surface area contributed by atoms with E-state index < -0.39 is 34.5 Å². The molecule has 2 heterocycles. The number of rotatable bonds is 4. The third-order valence-electron chi connectivity index (χ3n) is 6.56. The molecule has 0 aliphatic carbocycles. The molecule has 0 aromatic heterocycles. The molecule has 4 unspecified atom stereocenters. The zero-order valence-electron chi connectivity index (χ0n) is 17.7. The smallest absolute Gasteiger partial charge is 0.244 e. The maximum atomic E-state index is 10.4. The summed E-state index contributed by atoms with van der Waals surface area (Å²) >= 11 is 0. The van der Waals surface area contributed by atoms with E-state index in [2.05, 4.69) is 6.07 Å². The molecule has 4 rings (SSSR count). The maximum absolute atomic E-state index is 10.4. The highest BCUT2D eigenvalue weighted by Crippen LogP contribution is 2.69. The number of nitrogens with zero attached hydrogens (tertiary/aromatic N) is 3.